The standard InChI is InChI=1S/C13H20O2/c1-4-5-11(9-14)12-8-10(2)6-7-13(12)15-3/h6-8,11,14H,4-5,9H2,1-3H3. The Morgan fingerprint density at radius 3 is 2.67 bits per heavy atom. The number of ether oxygens (including phenoxy) is 1. The van der Waals surface area contributed by atoms with Gasteiger partial charge < -0.3 is 9.84 Å². The summed E-state index contributed by atoms with van der Waals surface area (Å²) in [7, 11) is 1.68. The monoisotopic (exact) mass is 208 g/mol. The van der Waals surface area contributed by atoms with Crippen molar-refractivity contribution < 1.29 is 9.84 Å². The SMILES string of the molecule is CCCC(CO)c1cc(C)ccc1OC. The molecule has 0 aliphatic carbocycles. The molecule has 1 atom stereocenters. The third kappa shape index (κ3) is 2.96. The molecule has 0 spiro atoms. The van der Waals surface area contributed by atoms with Crippen molar-refractivity contribution in [2.24, 2.45) is 0 Å². The number of aliphatic hydroxyl groups is 1. The van der Waals surface area contributed by atoms with Gasteiger partial charge in [0.25, 0.3) is 0 Å². The topological polar surface area (TPSA) is 29.5 Å². The summed E-state index contributed by atoms with van der Waals surface area (Å²) in [6.45, 7) is 4.38. The van der Waals surface area contributed by atoms with Crippen molar-refractivity contribution >= 4 is 0 Å². The van der Waals surface area contributed by atoms with E-state index in [1.807, 2.05) is 12.1 Å². The highest BCUT2D eigenvalue weighted by Gasteiger charge is 2.14. The maximum absolute atomic E-state index is 9.37. The molecule has 15 heavy (non-hydrogen) atoms. The van der Waals surface area contributed by atoms with Crippen LogP contribution in [-0.2, 0) is 0 Å². The van der Waals surface area contributed by atoms with Gasteiger partial charge in [-0.15, -0.1) is 0 Å². The molecule has 0 heterocycles. The molecule has 0 saturated heterocycles. The fourth-order valence-corrected chi connectivity index (χ4v) is 1.87. The van der Waals surface area contributed by atoms with Crippen LogP contribution in [0.3, 0.4) is 0 Å². The van der Waals surface area contributed by atoms with Crippen molar-refractivity contribution in [3.8, 4) is 5.75 Å². The van der Waals surface area contributed by atoms with E-state index in [9.17, 15) is 5.11 Å². The fraction of sp³-hybridized carbons (Fsp3) is 0.538. The quantitative estimate of drug-likeness (QED) is 0.806. The molecule has 1 N–H and O–H groups in total. The second kappa shape index (κ2) is 5.76. The predicted molar refractivity (Wildman–Crippen MR) is 62.5 cm³/mol. The van der Waals surface area contributed by atoms with E-state index in [0.717, 1.165) is 24.2 Å². The van der Waals surface area contributed by atoms with Gasteiger partial charge in [-0.3, -0.25) is 0 Å². The average molecular weight is 208 g/mol. The molecule has 84 valence electrons. The molecule has 0 aliphatic heterocycles. The Kier molecular flexibility index (Phi) is 4.63. The lowest BCUT2D eigenvalue weighted by molar-refractivity contribution is 0.255. The highest BCUT2D eigenvalue weighted by Crippen LogP contribution is 2.30. The molecular formula is C13H20O2. The lowest BCUT2D eigenvalue weighted by Crippen LogP contribution is -2.06. The summed E-state index contributed by atoms with van der Waals surface area (Å²) in [5.74, 6) is 1.08. The minimum atomic E-state index is 0.188. The molecule has 1 rings (SSSR count). The van der Waals surface area contributed by atoms with Gasteiger partial charge in [0.2, 0.25) is 0 Å². The normalized spacial score (nSPS) is 12.5. The Morgan fingerprint density at radius 1 is 1.40 bits per heavy atom. The maximum Gasteiger partial charge on any atom is 0.122 e. The van der Waals surface area contributed by atoms with Crippen LogP contribution in [0.15, 0.2) is 18.2 Å². The summed E-state index contributed by atoms with van der Waals surface area (Å²) in [6.07, 6.45) is 2.07. The Balaban J connectivity index is 3.02. The van der Waals surface area contributed by atoms with Crippen molar-refractivity contribution in [2.45, 2.75) is 32.6 Å². The number of hydrogen-bond donors (Lipinski definition) is 1. The molecule has 1 aromatic carbocycles. The summed E-state index contributed by atoms with van der Waals surface area (Å²) >= 11 is 0. The van der Waals surface area contributed by atoms with Gasteiger partial charge in [0, 0.05) is 5.92 Å². The number of rotatable bonds is 5. The van der Waals surface area contributed by atoms with Gasteiger partial charge in [0.05, 0.1) is 13.7 Å². The molecule has 2 nitrogen and oxygen atoms in total. The molecule has 2 heteroatoms. The summed E-state index contributed by atoms with van der Waals surface area (Å²) in [5, 5.41) is 9.37. The number of benzene rings is 1. The number of aryl methyl sites for hydroxylation is 1. The minimum Gasteiger partial charge on any atom is -0.496 e. The minimum absolute atomic E-state index is 0.188. The molecule has 0 saturated carbocycles. The van der Waals surface area contributed by atoms with Crippen LogP contribution in [0.5, 0.6) is 5.75 Å². The summed E-state index contributed by atoms with van der Waals surface area (Å²) in [6, 6.07) is 6.11. The van der Waals surface area contributed by atoms with E-state index >= 15 is 0 Å². The van der Waals surface area contributed by atoms with Gasteiger partial charge in [0.15, 0.2) is 0 Å². The molecule has 1 unspecified atom stereocenters. The van der Waals surface area contributed by atoms with E-state index in [4.69, 9.17) is 4.74 Å². The van der Waals surface area contributed by atoms with E-state index in [1.54, 1.807) is 7.11 Å². The van der Waals surface area contributed by atoms with E-state index in [0.29, 0.717) is 0 Å². The molecule has 0 fully saturated rings. The van der Waals surface area contributed by atoms with Crippen molar-refractivity contribution in [3.63, 3.8) is 0 Å². The van der Waals surface area contributed by atoms with Crippen LogP contribution in [0, 0.1) is 6.92 Å². The first-order valence-corrected chi connectivity index (χ1v) is 5.48. The van der Waals surface area contributed by atoms with Gasteiger partial charge in [0.1, 0.15) is 5.75 Å². The Morgan fingerprint density at radius 2 is 2.13 bits per heavy atom. The second-order valence-electron chi connectivity index (χ2n) is 3.91. The van der Waals surface area contributed by atoms with Gasteiger partial charge in [-0.05, 0) is 25.0 Å². The lowest BCUT2D eigenvalue weighted by atomic mass is 9.93. The van der Waals surface area contributed by atoms with E-state index in [-0.39, 0.29) is 12.5 Å². The van der Waals surface area contributed by atoms with Crippen LogP contribution >= 0.6 is 0 Å². The average Bonchev–Trinajstić information content (AvgIpc) is 2.26. The lowest BCUT2D eigenvalue weighted by Gasteiger charge is -2.17. The van der Waals surface area contributed by atoms with Gasteiger partial charge >= 0.3 is 0 Å². The Labute approximate surface area is 91.9 Å². The first-order chi connectivity index (χ1) is 7.22. The first kappa shape index (κ1) is 12.1. The fourth-order valence-electron chi connectivity index (χ4n) is 1.87. The van der Waals surface area contributed by atoms with E-state index in [2.05, 4.69) is 19.9 Å². The van der Waals surface area contributed by atoms with Crippen LogP contribution in [0.25, 0.3) is 0 Å². The highest BCUT2D eigenvalue weighted by atomic mass is 16.5. The molecular weight excluding hydrogens is 188 g/mol. The molecule has 0 aromatic heterocycles. The van der Waals surface area contributed by atoms with Gasteiger partial charge in [-0.2, -0.15) is 0 Å². The molecule has 0 aliphatic rings. The van der Waals surface area contributed by atoms with Crippen LogP contribution in [0.2, 0.25) is 0 Å². The largest absolute Gasteiger partial charge is 0.496 e. The van der Waals surface area contributed by atoms with Crippen molar-refractivity contribution in [1.82, 2.24) is 0 Å². The smallest absolute Gasteiger partial charge is 0.122 e. The third-order valence-electron chi connectivity index (χ3n) is 2.68. The molecule has 0 amide bonds. The van der Waals surface area contributed by atoms with Gasteiger partial charge in [-0.25, -0.2) is 0 Å². The van der Waals surface area contributed by atoms with Crippen LogP contribution in [0.4, 0.5) is 0 Å². The zero-order valence-electron chi connectivity index (χ0n) is 9.79. The highest BCUT2D eigenvalue weighted by molar-refractivity contribution is 5.39. The molecule has 0 bridgehead atoms. The zero-order valence-corrected chi connectivity index (χ0v) is 9.79. The van der Waals surface area contributed by atoms with Crippen molar-refractivity contribution in [2.75, 3.05) is 13.7 Å². The zero-order chi connectivity index (χ0) is 11.3. The van der Waals surface area contributed by atoms with Crippen molar-refractivity contribution in [3.05, 3.63) is 29.3 Å². The second-order valence-corrected chi connectivity index (χ2v) is 3.91. The van der Waals surface area contributed by atoms with Gasteiger partial charge in [-0.1, -0.05) is 31.0 Å². The molecule has 0 radical (unpaired) electrons. The number of hydrogen-bond acceptors (Lipinski definition) is 2. The van der Waals surface area contributed by atoms with Crippen LogP contribution in [-0.4, -0.2) is 18.8 Å². The molecule has 1 aromatic rings. The summed E-state index contributed by atoms with van der Waals surface area (Å²) in [4.78, 5) is 0. The Hall–Kier alpha value is -1.02. The van der Waals surface area contributed by atoms with E-state index < -0.39 is 0 Å². The maximum atomic E-state index is 9.37. The predicted octanol–water partition coefficient (Wildman–Crippen LogP) is 2.88. The summed E-state index contributed by atoms with van der Waals surface area (Å²) in [5.41, 5.74) is 2.34. The van der Waals surface area contributed by atoms with E-state index in [1.165, 1.54) is 5.56 Å². The number of aliphatic hydroxyl groups excluding tert-OH is 1. The van der Waals surface area contributed by atoms with Crippen LogP contribution < -0.4 is 4.74 Å². The van der Waals surface area contributed by atoms with Crippen molar-refractivity contribution in [1.29, 1.82) is 0 Å². The number of methoxy groups -OCH3 is 1. The summed E-state index contributed by atoms with van der Waals surface area (Å²) < 4.78 is 5.32. The third-order valence-corrected chi connectivity index (χ3v) is 2.68. The first-order valence-electron chi connectivity index (χ1n) is 5.48. The van der Waals surface area contributed by atoms with Crippen LogP contribution in [0.1, 0.15) is 36.8 Å². The Bertz CT molecular complexity index is 307.